The highest BCUT2D eigenvalue weighted by Gasteiger charge is 2.57. The molecule has 2 heterocycles. The molecule has 0 unspecified atom stereocenters. The van der Waals surface area contributed by atoms with E-state index in [1.807, 2.05) is 72.8 Å². The third-order valence-electron chi connectivity index (χ3n) is 10.5. The second kappa shape index (κ2) is 12.7. The van der Waals surface area contributed by atoms with Crippen LogP contribution in [0.4, 0.5) is 0 Å². The first kappa shape index (κ1) is 30.5. The first-order valence-corrected chi connectivity index (χ1v) is 20.2. The second-order valence-electron chi connectivity index (χ2n) is 13.0. The maximum atomic E-state index is 15.7. The summed E-state index contributed by atoms with van der Waals surface area (Å²) in [6.45, 7) is 1.27. The molecule has 0 aromatic heterocycles. The number of fused-ring (bicyclic) bond motifs is 2. The Kier molecular flexibility index (Phi) is 8.24. The quantitative estimate of drug-likeness (QED) is 0.178. The van der Waals surface area contributed by atoms with Crippen LogP contribution < -0.4 is 10.6 Å². The minimum atomic E-state index is -3.05. The molecule has 4 aromatic carbocycles. The zero-order valence-electron chi connectivity index (χ0n) is 26.4. The zero-order valence-corrected chi connectivity index (χ0v) is 28.1. The van der Waals surface area contributed by atoms with E-state index in [-0.39, 0.29) is 35.2 Å². The summed E-state index contributed by atoms with van der Waals surface area (Å²) in [5, 5.41) is 1.82. The van der Waals surface area contributed by atoms with Crippen molar-refractivity contribution in [1.82, 2.24) is 9.34 Å². The molecule has 0 spiro atoms. The zero-order chi connectivity index (χ0) is 31.8. The Morgan fingerprint density at radius 3 is 1.17 bits per heavy atom. The van der Waals surface area contributed by atoms with Crippen LogP contribution >= 0.6 is 14.6 Å². The van der Waals surface area contributed by atoms with Gasteiger partial charge in [-0.05, 0) is 17.5 Å². The third-order valence-corrected chi connectivity index (χ3v) is 17.7. The molecule has 0 radical (unpaired) electrons. The summed E-state index contributed by atoms with van der Waals surface area (Å²) < 4.78 is 36.1. The van der Waals surface area contributed by atoms with Crippen molar-refractivity contribution in [2.24, 2.45) is 11.8 Å². The number of allylic oxidation sites excluding steroid dienone is 6. The maximum absolute atomic E-state index is 15.7. The molecule has 47 heavy (non-hydrogen) atoms. The third kappa shape index (κ3) is 5.06. The van der Waals surface area contributed by atoms with Gasteiger partial charge in [0.15, 0.2) is 14.6 Å². The van der Waals surface area contributed by atoms with Crippen molar-refractivity contribution in [2.45, 2.75) is 29.8 Å². The van der Waals surface area contributed by atoms with Crippen molar-refractivity contribution in [3.8, 4) is 0 Å². The normalized spacial score (nSPS) is 32.8. The molecule has 4 aliphatic rings. The van der Waals surface area contributed by atoms with Crippen LogP contribution in [0.3, 0.4) is 0 Å². The molecular formula is C41H40N2O2P2. The fourth-order valence-corrected chi connectivity index (χ4v) is 16.1. The fourth-order valence-electron chi connectivity index (χ4n) is 8.60. The van der Waals surface area contributed by atoms with Gasteiger partial charge in [0.1, 0.15) is 0 Å². The van der Waals surface area contributed by atoms with Crippen LogP contribution in [0.5, 0.6) is 0 Å². The minimum absolute atomic E-state index is 0.0219. The summed E-state index contributed by atoms with van der Waals surface area (Å²) in [4.78, 5) is 0. The Hall–Kier alpha value is -3.78. The second-order valence-corrected chi connectivity index (χ2v) is 18.7. The molecule has 2 saturated heterocycles. The Morgan fingerprint density at radius 2 is 0.787 bits per heavy atom. The molecule has 8 atom stereocenters. The van der Waals surface area contributed by atoms with Crippen LogP contribution in [0, 0.1) is 11.8 Å². The molecular weight excluding hydrogens is 614 g/mol. The lowest BCUT2D eigenvalue weighted by Crippen LogP contribution is -2.32. The van der Waals surface area contributed by atoms with Gasteiger partial charge in [0.25, 0.3) is 0 Å². The van der Waals surface area contributed by atoms with Gasteiger partial charge in [-0.2, -0.15) is 0 Å². The molecule has 8 rings (SSSR count). The van der Waals surface area contributed by atoms with Crippen molar-refractivity contribution >= 4 is 25.2 Å². The summed E-state index contributed by atoms with van der Waals surface area (Å²) in [5.74, 6) is 0.205. The number of rotatable bonds is 8. The van der Waals surface area contributed by atoms with Crippen LogP contribution in [0.15, 0.2) is 170 Å². The van der Waals surface area contributed by atoms with E-state index in [2.05, 4.69) is 106 Å². The molecule has 0 bridgehead atoms. The highest BCUT2D eigenvalue weighted by atomic mass is 31.2. The molecule has 6 heteroatoms. The fraction of sp³-hybridized carbons (Fsp3) is 0.220. The summed E-state index contributed by atoms with van der Waals surface area (Å²) in [6.07, 6.45) is 18.0. The highest BCUT2D eigenvalue weighted by Crippen LogP contribution is 2.70. The number of hydrogen-bond donors (Lipinski definition) is 0. The summed E-state index contributed by atoms with van der Waals surface area (Å²) >= 11 is 0. The minimum Gasteiger partial charge on any atom is -0.301 e. The predicted molar refractivity (Wildman–Crippen MR) is 195 cm³/mol. The molecule has 2 fully saturated rings. The average molecular weight is 655 g/mol. The first-order valence-electron chi connectivity index (χ1n) is 16.8. The van der Waals surface area contributed by atoms with E-state index in [1.54, 1.807) is 0 Å². The number of hydrogen-bond acceptors (Lipinski definition) is 2. The first-order chi connectivity index (χ1) is 23.1. The van der Waals surface area contributed by atoms with E-state index < -0.39 is 14.6 Å². The highest BCUT2D eigenvalue weighted by molar-refractivity contribution is 7.71. The summed E-state index contributed by atoms with van der Waals surface area (Å²) in [5.41, 5.74) is 2.18. The standard InChI is InChI=1S/C41H40N2O2P2/c44-46(34-22-9-3-10-23-34)38-28-15-13-26-36(38)40(32-18-5-1-6-19-32)42(46)30-17-31-43-41(33-20-7-2-8-21-33)37-27-14-16-29-39(37)47(43,45)35-24-11-4-12-25-35/h1-16,18-29,36-41H,17,30-31H2/t36-,37+,38+,39-,40+,41-,46+,47-. The van der Waals surface area contributed by atoms with Gasteiger partial charge in [0, 0.05) is 47.6 Å². The molecule has 2 aliphatic heterocycles. The van der Waals surface area contributed by atoms with E-state index >= 15 is 9.13 Å². The predicted octanol–water partition coefficient (Wildman–Crippen LogP) is 8.92. The SMILES string of the molecule is O=[P@]1(c2ccccc2)[C@@H]2C=CC=C[C@@H]2[C@@H](c2ccccc2)N1CCCN1[C@@H](c2ccccc2)[C@@H]2C=CC=C[C@@H]2[P@@]1(=O)c1ccccc1. The van der Waals surface area contributed by atoms with Gasteiger partial charge in [-0.3, -0.25) is 0 Å². The topological polar surface area (TPSA) is 40.6 Å². The van der Waals surface area contributed by atoms with Crippen molar-refractivity contribution in [3.05, 3.63) is 181 Å². The van der Waals surface area contributed by atoms with Crippen molar-refractivity contribution in [3.63, 3.8) is 0 Å². The van der Waals surface area contributed by atoms with Gasteiger partial charge < -0.3 is 9.13 Å². The van der Waals surface area contributed by atoms with E-state index in [0.29, 0.717) is 13.1 Å². The van der Waals surface area contributed by atoms with Crippen LogP contribution in [0.1, 0.15) is 29.6 Å². The van der Waals surface area contributed by atoms with Gasteiger partial charge in [0.2, 0.25) is 0 Å². The number of nitrogens with zero attached hydrogens (tertiary/aromatic N) is 2. The molecule has 2 aliphatic carbocycles. The summed E-state index contributed by atoms with van der Waals surface area (Å²) in [7, 11) is -6.10. The molecule has 4 aromatic rings. The van der Waals surface area contributed by atoms with Crippen molar-refractivity contribution in [1.29, 1.82) is 0 Å². The van der Waals surface area contributed by atoms with E-state index in [1.165, 1.54) is 11.1 Å². The van der Waals surface area contributed by atoms with E-state index in [0.717, 1.165) is 17.0 Å². The Morgan fingerprint density at radius 1 is 0.447 bits per heavy atom. The van der Waals surface area contributed by atoms with Crippen LogP contribution in [-0.4, -0.2) is 33.7 Å². The largest absolute Gasteiger partial charge is 0.301 e. The van der Waals surface area contributed by atoms with Gasteiger partial charge in [-0.25, -0.2) is 9.34 Å². The van der Waals surface area contributed by atoms with Crippen molar-refractivity contribution < 1.29 is 9.13 Å². The Balaban J connectivity index is 1.20. The number of benzene rings is 4. The molecule has 4 nitrogen and oxygen atoms in total. The smallest absolute Gasteiger partial charge is 0.186 e. The van der Waals surface area contributed by atoms with Gasteiger partial charge in [-0.1, -0.05) is 170 Å². The van der Waals surface area contributed by atoms with Crippen LogP contribution in [0.25, 0.3) is 0 Å². The lowest BCUT2D eigenvalue weighted by atomic mass is 9.87. The van der Waals surface area contributed by atoms with E-state index in [4.69, 9.17) is 0 Å². The average Bonchev–Trinajstić information content (AvgIpc) is 3.56. The lowest BCUT2D eigenvalue weighted by molar-refractivity contribution is 0.272. The maximum Gasteiger partial charge on any atom is 0.186 e. The monoisotopic (exact) mass is 654 g/mol. The van der Waals surface area contributed by atoms with Gasteiger partial charge in [0.05, 0.1) is 11.3 Å². The Bertz CT molecular complexity index is 1780. The Labute approximate surface area is 278 Å². The molecule has 0 saturated carbocycles. The van der Waals surface area contributed by atoms with Gasteiger partial charge >= 0.3 is 0 Å². The molecule has 236 valence electrons. The molecule has 0 N–H and O–H groups in total. The van der Waals surface area contributed by atoms with Crippen LogP contribution in [0.2, 0.25) is 0 Å². The van der Waals surface area contributed by atoms with Gasteiger partial charge in [-0.15, -0.1) is 0 Å². The summed E-state index contributed by atoms with van der Waals surface area (Å²) in [6, 6.07) is 41.3. The lowest BCUT2D eigenvalue weighted by Gasteiger charge is -2.35. The molecule has 0 amide bonds. The van der Waals surface area contributed by atoms with Crippen LogP contribution in [-0.2, 0) is 9.13 Å². The van der Waals surface area contributed by atoms with E-state index in [9.17, 15) is 0 Å². The van der Waals surface area contributed by atoms with Crippen molar-refractivity contribution in [2.75, 3.05) is 13.1 Å².